The van der Waals surface area contributed by atoms with Crippen LogP contribution in [0.15, 0.2) is 39.0 Å². The zero-order valence-corrected chi connectivity index (χ0v) is 13.1. The van der Waals surface area contributed by atoms with Crippen LogP contribution in [0, 0.1) is 0 Å². The first-order chi connectivity index (χ1) is 9.84. The van der Waals surface area contributed by atoms with Gasteiger partial charge in [-0.3, -0.25) is 4.79 Å². The van der Waals surface area contributed by atoms with Crippen LogP contribution < -0.4 is 4.90 Å². The third-order valence-electron chi connectivity index (χ3n) is 2.90. The van der Waals surface area contributed by atoms with E-state index in [1.807, 2.05) is 34.9 Å². The number of rotatable bonds is 3. The molecule has 0 saturated carbocycles. The van der Waals surface area contributed by atoms with E-state index in [2.05, 4.69) is 16.3 Å². The quantitative estimate of drug-likeness (QED) is 0.812. The maximum absolute atomic E-state index is 12.5. The molecule has 4 nitrogen and oxygen atoms in total. The van der Waals surface area contributed by atoms with Gasteiger partial charge in [-0.25, -0.2) is 0 Å². The summed E-state index contributed by atoms with van der Waals surface area (Å²) in [7, 11) is 0. The van der Waals surface area contributed by atoms with Crippen molar-refractivity contribution in [1.82, 2.24) is 10.2 Å². The van der Waals surface area contributed by atoms with Crippen molar-refractivity contribution < 1.29 is 4.79 Å². The molecule has 0 unspecified atom stereocenters. The van der Waals surface area contributed by atoms with Crippen molar-refractivity contribution in [2.24, 2.45) is 0 Å². The second-order valence-corrected chi connectivity index (χ2v) is 7.40. The number of benzene rings is 1. The Labute approximate surface area is 130 Å². The number of thioether (sulfide) groups is 2. The van der Waals surface area contributed by atoms with Crippen molar-refractivity contribution in [2.45, 2.75) is 15.7 Å². The SMILES string of the molecule is O=C(CSc1nncs1)N1CCCSc2ccccc21. The van der Waals surface area contributed by atoms with E-state index in [9.17, 15) is 4.79 Å². The predicted molar refractivity (Wildman–Crippen MR) is 84.8 cm³/mol. The lowest BCUT2D eigenvalue weighted by Gasteiger charge is -2.22. The van der Waals surface area contributed by atoms with Gasteiger partial charge in [0.15, 0.2) is 4.34 Å². The highest BCUT2D eigenvalue weighted by Gasteiger charge is 2.21. The lowest BCUT2D eigenvalue weighted by Crippen LogP contribution is -2.33. The fourth-order valence-electron chi connectivity index (χ4n) is 2.01. The summed E-state index contributed by atoms with van der Waals surface area (Å²) in [6.45, 7) is 0.791. The van der Waals surface area contributed by atoms with Crippen LogP contribution >= 0.6 is 34.9 Å². The van der Waals surface area contributed by atoms with E-state index in [0.29, 0.717) is 5.75 Å². The summed E-state index contributed by atoms with van der Waals surface area (Å²) in [5.41, 5.74) is 2.72. The van der Waals surface area contributed by atoms with Gasteiger partial charge in [-0.15, -0.1) is 22.0 Å². The normalized spacial score (nSPS) is 14.7. The Morgan fingerprint density at radius 1 is 1.40 bits per heavy atom. The highest BCUT2D eigenvalue weighted by Crippen LogP contribution is 2.34. The van der Waals surface area contributed by atoms with Gasteiger partial charge in [0, 0.05) is 11.4 Å². The highest BCUT2D eigenvalue weighted by molar-refractivity contribution is 8.01. The Morgan fingerprint density at radius 2 is 2.30 bits per heavy atom. The Morgan fingerprint density at radius 3 is 3.15 bits per heavy atom. The molecular formula is C13H13N3OS3. The van der Waals surface area contributed by atoms with Gasteiger partial charge in [0.25, 0.3) is 0 Å². The van der Waals surface area contributed by atoms with E-state index in [-0.39, 0.29) is 5.91 Å². The summed E-state index contributed by atoms with van der Waals surface area (Å²) < 4.78 is 0.843. The average molecular weight is 323 g/mol. The zero-order chi connectivity index (χ0) is 13.8. The third-order valence-corrected chi connectivity index (χ3v) is 5.89. The smallest absolute Gasteiger partial charge is 0.237 e. The fraction of sp³-hybridized carbons (Fsp3) is 0.308. The van der Waals surface area contributed by atoms with E-state index in [0.717, 1.165) is 28.7 Å². The van der Waals surface area contributed by atoms with Crippen LogP contribution in [-0.4, -0.2) is 34.2 Å². The van der Waals surface area contributed by atoms with Crippen LogP contribution in [0.3, 0.4) is 0 Å². The monoisotopic (exact) mass is 323 g/mol. The number of carbonyl (C=O) groups excluding carboxylic acids is 1. The topological polar surface area (TPSA) is 46.1 Å². The van der Waals surface area contributed by atoms with Gasteiger partial charge in [0.05, 0.1) is 11.4 Å². The van der Waals surface area contributed by atoms with Crippen LogP contribution in [0.5, 0.6) is 0 Å². The van der Waals surface area contributed by atoms with Gasteiger partial charge in [-0.2, -0.15) is 0 Å². The summed E-state index contributed by atoms with van der Waals surface area (Å²) in [4.78, 5) is 15.6. The van der Waals surface area contributed by atoms with E-state index in [4.69, 9.17) is 0 Å². The van der Waals surface area contributed by atoms with Crippen molar-refractivity contribution in [2.75, 3.05) is 23.0 Å². The number of fused-ring (bicyclic) bond motifs is 1. The lowest BCUT2D eigenvalue weighted by atomic mass is 10.2. The minimum absolute atomic E-state index is 0.139. The highest BCUT2D eigenvalue weighted by atomic mass is 32.2. The summed E-state index contributed by atoms with van der Waals surface area (Å²) >= 11 is 4.75. The van der Waals surface area contributed by atoms with Crippen LogP contribution in [0.25, 0.3) is 0 Å². The Hall–Kier alpha value is -1.05. The van der Waals surface area contributed by atoms with Crippen LogP contribution in [0.2, 0.25) is 0 Å². The predicted octanol–water partition coefficient (Wildman–Crippen LogP) is 3.16. The van der Waals surface area contributed by atoms with Crippen molar-refractivity contribution in [3.05, 3.63) is 29.8 Å². The first-order valence-corrected chi connectivity index (χ1v) is 9.11. The number of carbonyl (C=O) groups is 1. The third kappa shape index (κ3) is 3.16. The zero-order valence-electron chi connectivity index (χ0n) is 10.7. The van der Waals surface area contributed by atoms with E-state index in [1.54, 1.807) is 5.51 Å². The molecule has 1 aromatic heterocycles. The number of para-hydroxylation sites is 1. The number of nitrogens with zero attached hydrogens (tertiary/aromatic N) is 3. The molecule has 1 aliphatic heterocycles. The molecule has 7 heteroatoms. The Balaban J connectivity index is 1.73. The summed E-state index contributed by atoms with van der Waals surface area (Å²) in [5, 5.41) is 7.74. The first-order valence-electron chi connectivity index (χ1n) is 6.26. The number of anilines is 1. The molecule has 0 atom stereocenters. The Bertz CT molecular complexity index is 588. The molecule has 2 aromatic rings. The van der Waals surface area contributed by atoms with Crippen molar-refractivity contribution in [1.29, 1.82) is 0 Å². The number of hydrogen-bond donors (Lipinski definition) is 0. The molecule has 1 aliphatic rings. The van der Waals surface area contributed by atoms with Gasteiger partial charge in [-0.1, -0.05) is 35.2 Å². The molecule has 0 radical (unpaired) electrons. The second-order valence-electron chi connectivity index (χ2n) is 4.21. The van der Waals surface area contributed by atoms with E-state index in [1.165, 1.54) is 28.0 Å². The molecule has 2 heterocycles. The summed E-state index contributed by atoms with van der Waals surface area (Å²) in [6.07, 6.45) is 1.02. The molecule has 104 valence electrons. The molecule has 3 rings (SSSR count). The van der Waals surface area contributed by atoms with Crippen LogP contribution in [-0.2, 0) is 4.79 Å². The van der Waals surface area contributed by atoms with Crippen molar-refractivity contribution >= 4 is 46.5 Å². The number of hydrogen-bond acceptors (Lipinski definition) is 6. The minimum atomic E-state index is 0.139. The molecule has 0 aliphatic carbocycles. The minimum Gasteiger partial charge on any atom is -0.311 e. The number of amides is 1. The molecule has 0 fully saturated rings. The van der Waals surface area contributed by atoms with Gasteiger partial charge in [0.2, 0.25) is 5.91 Å². The van der Waals surface area contributed by atoms with E-state index >= 15 is 0 Å². The number of aromatic nitrogens is 2. The van der Waals surface area contributed by atoms with E-state index < -0.39 is 0 Å². The molecule has 0 spiro atoms. The van der Waals surface area contributed by atoms with Gasteiger partial charge < -0.3 is 4.90 Å². The molecule has 0 saturated heterocycles. The molecule has 0 N–H and O–H groups in total. The van der Waals surface area contributed by atoms with Gasteiger partial charge >= 0.3 is 0 Å². The maximum Gasteiger partial charge on any atom is 0.237 e. The van der Waals surface area contributed by atoms with Crippen LogP contribution in [0.1, 0.15) is 6.42 Å². The summed E-state index contributed by atoms with van der Waals surface area (Å²) in [5.74, 6) is 1.61. The standard InChI is InChI=1S/C13H13N3OS3/c17-12(8-19-13-15-14-9-20-13)16-6-3-7-18-11-5-2-1-4-10(11)16/h1-2,4-5,9H,3,6-8H2. The average Bonchev–Trinajstić information content (AvgIpc) is 2.90. The van der Waals surface area contributed by atoms with Gasteiger partial charge in [-0.05, 0) is 24.3 Å². The fourth-order valence-corrected chi connectivity index (χ4v) is 4.37. The largest absolute Gasteiger partial charge is 0.311 e. The molecule has 1 aromatic carbocycles. The van der Waals surface area contributed by atoms with Gasteiger partial charge in [0.1, 0.15) is 5.51 Å². The van der Waals surface area contributed by atoms with Crippen molar-refractivity contribution in [3.8, 4) is 0 Å². The molecule has 0 bridgehead atoms. The second kappa shape index (κ2) is 6.60. The first kappa shape index (κ1) is 13.9. The molecule has 20 heavy (non-hydrogen) atoms. The Kier molecular flexibility index (Phi) is 4.59. The maximum atomic E-state index is 12.5. The molecular weight excluding hydrogens is 310 g/mol. The van der Waals surface area contributed by atoms with Crippen LogP contribution in [0.4, 0.5) is 5.69 Å². The van der Waals surface area contributed by atoms with Crippen molar-refractivity contribution in [3.63, 3.8) is 0 Å². The summed E-state index contributed by atoms with van der Waals surface area (Å²) in [6, 6.07) is 8.13. The molecule has 1 amide bonds. The lowest BCUT2D eigenvalue weighted by molar-refractivity contribution is -0.116.